The largest absolute Gasteiger partial charge is 0.497 e. The number of aliphatic hydroxyl groups excluding tert-OH is 1. The number of benzene rings is 2. The molecule has 3 nitrogen and oxygen atoms in total. The van der Waals surface area contributed by atoms with Crippen molar-refractivity contribution in [2.45, 2.75) is 31.8 Å². The van der Waals surface area contributed by atoms with E-state index in [9.17, 15) is 5.11 Å². The lowest BCUT2D eigenvalue weighted by Crippen LogP contribution is -2.44. The summed E-state index contributed by atoms with van der Waals surface area (Å²) in [6.45, 7) is 0. The fourth-order valence-corrected chi connectivity index (χ4v) is 3.64. The van der Waals surface area contributed by atoms with E-state index in [2.05, 4.69) is 24.3 Å². The molecule has 1 aliphatic rings. The summed E-state index contributed by atoms with van der Waals surface area (Å²) >= 11 is 0. The summed E-state index contributed by atoms with van der Waals surface area (Å²) in [6.07, 6.45) is 3.54. The molecule has 1 N–H and O–H groups in total. The first kappa shape index (κ1) is 15.9. The average Bonchev–Trinajstić information content (AvgIpc) is 2.55. The fraction of sp³-hybridized carbons (Fsp3) is 0.400. The lowest BCUT2D eigenvalue weighted by Gasteiger charge is -2.46. The third-order valence-corrected chi connectivity index (χ3v) is 4.81. The maximum absolute atomic E-state index is 9.86. The zero-order valence-electron chi connectivity index (χ0n) is 13.8. The molecule has 1 aliphatic carbocycles. The molecule has 23 heavy (non-hydrogen) atoms. The van der Waals surface area contributed by atoms with Gasteiger partial charge in [0.25, 0.3) is 0 Å². The third-order valence-electron chi connectivity index (χ3n) is 4.81. The molecule has 0 unspecified atom stereocenters. The number of ether oxygens (including phenoxy) is 2. The first-order valence-corrected chi connectivity index (χ1v) is 8.06. The second kappa shape index (κ2) is 6.63. The summed E-state index contributed by atoms with van der Waals surface area (Å²) in [4.78, 5) is 0. The summed E-state index contributed by atoms with van der Waals surface area (Å²) in [5.41, 5.74) is 2.75. The van der Waals surface area contributed by atoms with Crippen LogP contribution >= 0.6 is 0 Å². The summed E-state index contributed by atoms with van der Waals surface area (Å²) in [5.74, 6) is 1.76. The van der Waals surface area contributed by atoms with Crippen LogP contribution in [0.2, 0.25) is 0 Å². The highest BCUT2D eigenvalue weighted by atomic mass is 16.5. The van der Waals surface area contributed by atoms with Crippen LogP contribution in [-0.2, 0) is 12.8 Å². The van der Waals surface area contributed by atoms with Crippen LogP contribution in [0.4, 0.5) is 0 Å². The van der Waals surface area contributed by atoms with Crippen LogP contribution in [0.1, 0.15) is 24.0 Å². The van der Waals surface area contributed by atoms with Crippen molar-refractivity contribution in [1.29, 1.82) is 0 Å². The van der Waals surface area contributed by atoms with Gasteiger partial charge in [0, 0.05) is 0 Å². The molecular weight excluding hydrogens is 288 g/mol. The van der Waals surface area contributed by atoms with Crippen LogP contribution < -0.4 is 9.47 Å². The molecule has 2 aromatic carbocycles. The predicted molar refractivity (Wildman–Crippen MR) is 91.1 cm³/mol. The summed E-state index contributed by atoms with van der Waals surface area (Å²) in [6, 6.07) is 16.5. The van der Waals surface area contributed by atoms with Gasteiger partial charge in [-0.15, -0.1) is 0 Å². The molecule has 0 aromatic heterocycles. The molecule has 0 radical (unpaired) electrons. The van der Waals surface area contributed by atoms with Crippen LogP contribution in [0, 0.1) is 5.41 Å². The van der Waals surface area contributed by atoms with Crippen LogP contribution in [0.15, 0.2) is 48.5 Å². The van der Waals surface area contributed by atoms with Crippen molar-refractivity contribution in [3.05, 3.63) is 59.7 Å². The van der Waals surface area contributed by atoms with Crippen LogP contribution in [0.25, 0.3) is 0 Å². The van der Waals surface area contributed by atoms with Gasteiger partial charge in [0.2, 0.25) is 0 Å². The van der Waals surface area contributed by atoms with Crippen LogP contribution in [0.3, 0.4) is 0 Å². The Kier molecular flexibility index (Phi) is 4.58. The van der Waals surface area contributed by atoms with Crippen molar-refractivity contribution in [2.24, 2.45) is 5.41 Å². The van der Waals surface area contributed by atoms with E-state index >= 15 is 0 Å². The molecule has 122 valence electrons. The zero-order chi connectivity index (χ0) is 16.3. The number of hydrogen-bond donors (Lipinski definition) is 1. The van der Waals surface area contributed by atoms with Gasteiger partial charge in [-0.1, -0.05) is 24.3 Å². The lowest BCUT2D eigenvalue weighted by atomic mass is 9.61. The van der Waals surface area contributed by atoms with Crippen molar-refractivity contribution >= 4 is 0 Å². The van der Waals surface area contributed by atoms with Crippen molar-refractivity contribution in [2.75, 3.05) is 14.2 Å². The molecule has 0 spiro atoms. The molecule has 0 bridgehead atoms. The van der Waals surface area contributed by atoms with Gasteiger partial charge in [0.05, 0.1) is 20.3 Å². The fourth-order valence-electron chi connectivity index (χ4n) is 3.64. The Balaban J connectivity index is 1.73. The van der Waals surface area contributed by atoms with Crippen molar-refractivity contribution in [3.63, 3.8) is 0 Å². The Hall–Kier alpha value is -2.00. The third kappa shape index (κ3) is 3.67. The van der Waals surface area contributed by atoms with Crippen LogP contribution in [-0.4, -0.2) is 25.4 Å². The van der Waals surface area contributed by atoms with Gasteiger partial charge in [-0.2, -0.15) is 0 Å². The molecule has 0 amide bonds. The van der Waals surface area contributed by atoms with E-state index < -0.39 is 0 Å². The first-order chi connectivity index (χ1) is 11.1. The molecule has 0 heterocycles. The van der Waals surface area contributed by atoms with E-state index in [1.807, 2.05) is 24.3 Å². The minimum Gasteiger partial charge on any atom is -0.497 e. The van der Waals surface area contributed by atoms with Gasteiger partial charge >= 0.3 is 0 Å². The number of hydrogen-bond acceptors (Lipinski definition) is 3. The topological polar surface area (TPSA) is 38.7 Å². The second-order valence-electron chi connectivity index (χ2n) is 6.61. The summed E-state index contributed by atoms with van der Waals surface area (Å²) in [5, 5.41) is 9.86. The maximum atomic E-state index is 9.86. The smallest absolute Gasteiger partial charge is 0.118 e. The zero-order valence-corrected chi connectivity index (χ0v) is 13.8. The van der Waals surface area contributed by atoms with Crippen molar-refractivity contribution in [1.82, 2.24) is 0 Å². The normalized spacial score (nSPS) is 16.7. The molecule has 2 aromatic rings. The number of rotatable bonds is 6. The van der Waals surface area contributed by atoms with Gasteiger partial charge in [0.1, 0.15) is 11.5 Å². The van der Waals surface area contributed by atoms with Crippen molar-refractivity contribution < 1.29 is 14.6 Å². The summed E-state index contributed by atoms with van der Waals surface area (Å²) in [7, 11) is 3.37. The molecule has 1 saturated carbocycles. The van der Waals surface area contributed by atoms with Crippen LogP contribution in [0.5, 0.6) is 11.5 Å². The predicted octanol–water partition coefficient (Wildman–Crippen LogP) is 3.63. The van der Waals surface area contributed by atoms with Gasteiger partial charge < -0.3 is 14.6 Å². The van der Waals surface area contributed by atoms with Gasteiger partial charge in [-0.05, 0) is 66.5 Å². The van der Waals surface area contributed by atoms with E-state index in [1.165, 1.54) is 11.1 Å². The quantitative estimate of drug-likeness (QED) is 0.885. The minimum atomic E-state index is -0.161. The monoisotopic (exact) mass is 312 g/mol. The van der Waals surface area contributed by atoms with Gasteiger partial charge in [-0.25, -0.2) is 0 Å². The molecular formula is C20H24O3. The van der Waals surface area contributed by atoms with Gasteiger partial charge in [0.15, 0.2) is 0 Å². The van der Waals surface area contributed by atoms with E-state index in [4.69, 9.17) is 9.47 Å². The molecule has 0 saturated heterocycles. The van der Waals surface area contributed by atoms with E-state index in [1.54, 1.807) is 14.2 Å². The Morgan fingerprint density at radius 2 is 1.22 bits per heavy atom. The average molecular weight is 312 g/mol. The first-order valence-electron chi connectivity index (χ1n) is 8.06. The Labute approximate surface area is 137 Å². The molecule has 0 atom stereocenters. The molecule has 1 fully saturated rings. The van der Waals surface area contributed by atoms with E-state index in [0.717, 1.165) is 37.2 Å². The highest BCUT2D eigenvalue weighted by Crippen LogP contribution is 2.46. The van der Waals surface area contributed by atoms with Gasteiger partial charge in [-0.3, -0.25) is 0 Å². The minimum absolute atomic E-state index is 0.155. The lowest BCUT2D eigenvalue weighted by molar-refractivity contribution is -0.0317. The van der Waals surface area contributed by atoms with E-state index in [0.29, 0.717) is 0 Å². The maximum Gasteiger partial charge on any atom is 0.118 e. The second-order valence-corrected chi connectivity index (χ2v) is 6.61. The Morgan fingerprint density at radius 1 is 0.826 bits per heavy atom. The van der Waals surface area contributed by atoms with E-state index in [-0.39, 0.29) is 11.5 Å². The SMILES string of the molecule is COc1ccc(CC2(Cc3ccc(OC)cc3)CC(O)C2)cc1. The Bertz CT molecular complexity index is 573. The summed E-state index contributed by atoms with van der Waals surface area (Å²) < 4.78 is 10.4. The highest BCUT2D eigenvalue weighted by molar-refractivity contribution is 5.31. The number of methoxy groups -OCH3 is 2. The molecule has 3 rings (SSSR count). The number of aliphatic hydroxyl groups is 1. The molecule has 0 aliphatic heterocycles. The Morgan fingerprint density at radius 3 is 1.52 bits per heavy atom. The standard InChI is InChI=1S/C20H24O3/c1-22-18-7-3-15(4-8-18)11-20(13-17(21)14-20)12-16-5-9-19(23-2)10-6-16/h3-10,17,21H,11-14H2,1-2H3. The molecule has 3 heteroatoms. The van der Waals surface area contributed by atoms with Crippen molar-refractivity contribution in [3.8, 4) is 11.5 Å². The highest BCUT2D eigenvalue weighted by Gasteiger charge is 2.43.